The molecule has 1 aliphatic rings. The first-order valence-electron chi connectivity index (χ1n) is 10.9. The molecule has 6 nitrogen and oxygen atoms in total. The van der Waals surface area contributed by atoms with Gasteiger partial charge in [0.2, 0.25) is 0 Å². The second kappa shape index (κ2) is 9.25. The van der Waals surface area contributed by atoms with Gasteiger partial charge >= 0.3 is 0 Å². The highest BCUT2D eigenvalue weighted by Gasteiger charge is 2.27. The van der Waals surface area contributed by atoms with Crippen molar-refractivity contribution in [3.63, 3.8) is 0 Å². The number of hydrogen-bond donors (Lipinski definition) is 0. The Bertz CT molecular complexity index is 1040. The van der Waals surface area contributed by atoms with E-state index in [9.17, 15) is 4.79 Å². The van der Waals surface area contributed by atoms with E-state index < -0.39 is 0 Å². The van der Waals surface area contributed by atoms with Crippen LogP contribution in [0.2, 0.25) is 0 Å². The topological polar surface area (TPSA) is 56.6 Å². The third-order valence-electron chi connectivity index (χ3n) is 5.71. The Morgan fingerprint density at radius 2 is 1.77 bits per heavy atom. The Morgan fingerprint density at radius 3 is 2.45 bits per heavy atom. The maximum atomic E-state index is 13.3. The van der Waals surface area contributed by atoms with Gasteiger partial charge in [-0.05, 0) is 51.1 Å². The monoisotopic (exact) mass is 419 g/mol. The van der Waals surface area contributed by atoms with Crippen molar-refractivity contribution in [1.29, 1.82) is 0 Å². The molecule has 0 unspecified atom stereocenters. The van der Waals surface area contributed by atoms with E-state index in [1.165, 1.54) is 0 Å². The van der Waals surface area contributed by atoms with Gasteiger partial charge in [-0.15, -0.1) is 0 Å². The smallest absolute Gasteiger partial charge is 0.255 e. The number of aromatic nitrogens is 2. The summed E-state index contributed by atoms with van der Waals surface area (Å²) in [5, 5.41) is 0. The predicted octanol–water partition coefficient (Wildman–Crippen LogP) is 4.57. The number of rotatable bonds is 6. The molecule has 2 aromatic heterocycles. The van der Waals surface area contributed by atoms with Gasteiger partial charge in [0.25, 0.3) is 5.91 Å². The molecule has 0 bridgehead atoms. The molecule has 0 saturated carbocycles. The molecule has 1 aliphatic heterocycles. The second-order valence-corrected chi connectivity index (χ2v) is 7.80. The first-order valence-corrected chi connectivity index (χ1v) is 10.9. The van der Waals surface area contributed by atoms with Gasteiger partial charge in [0.15, 0.2) is 11.5 Å². The van der Waals surface area contributed by atoms with Crippen LogP contribution >= 0.6 is 0 Å². The van der Waals surface area contributed by atoms with Crippen LogP contribution in [0.5, 0.6) is 11.5 Å². The van der Waals surface area contributed by atoms with E-state index in [4.69, 9.17) is 9.47 Å². The van der Waals surface area contributed by atoms with Gasteiger partial charge in [0.05, 0.1) is 12.2 Å². The largest absolute Gasteiger partial charge is 0.490 e. The molecule has 0 atom stereocenters. The minimum absolute atomic E-state index is 0.0726. The number of para-hydroxylation sites is 2. The van der Waals surface area contributed by atoms with Crippen molar-refractivity contribution in [2.24, 2.45) is 0 Å². The van der Waals surface area contributed by atoms with Crippen molar-refractivity contribution >= 4 is 5.91 Å². The third kappa shape index (κ3) is 4.43. The molecule has 0 spiro atoms. The summed E-state index contributed by atoms with van der Waals surface area (Å²) >= 11 is 0. The molecule has 1 saturated heterocycles. The number of aryl methyl sites for hydroxylation is 1. The molecule has 0 aliphatic carbocycles. The van der Waals surface area contributed by atoms with Gasteiger partial charge < -0.3 is 18.9 Å². The molecule has 1 aromatic carbocycles. The molecule has 0 N–H and O–H groups in total. The van der Waals surface area contributed by atoms with Crippen LogP contribution in [0.25, 0.3) is 5.82 Å². The molecule has 1 amide bonds. The Balaban J connectivity index is 1.42. The summed E-state index contributed by atoms with van der Waals surface area (Å²) in [5.41, 5.74) is 2.67. The van der Waals surface area contributed by atoms with Crippen molar-refractivity contribution in [3.8, 4) is 17.3 Å². The Morgan fingerprint density at radius 1 is 1.06 bits per heavy atom. The number of hydrogen-bond acceptors (Lipinski definition) is 4. The van der Waals surface area contributed by atoms with Crippen molar-refractivity contribution < 1.29 is 14.3 Å². The maximum absolute atomic E-state index is 13.3. The van der Waals surface area contributed by atoms with Gasteiger partial charge in [-0.25, -0.2) is 4.98 Å². The summed E-state index contributed by atoms with van der Waals surface area (Å²) in [6.07, 6.45) is 3.44. The maximum Gasteiger partial charge on any atom is 0.255 e. The Kier molecular flexibility index (Phi) is 6.26. The molecule has 31 heavy (non-hydrogen) atoms. The quantitative estimate of drug-likeness (QED) is 0.587. The zero-order chi connectivity index (χ0) is 21.8. The van der Waals surface area contributed by atoms with Crippen LogP contribution in [0, 0.1) is 13.8 Å². The molecular formula is C25H29N3O3. The molecule has 3 heterocycles. The molecule has 6 heteroatoms. The highest BCUT2D eigenvalue weighted by molar-refractivity contribution is 5.96. The van der Waals surface area contributed by atoms with Crippen LogP contribution < -0.4 is 9.47 Å². The normalized spacial score (nSPS) is 14.5. The number of pyridine rings is 1. The fraction of sp³-hybridized carbons (Fsp3) is 0.360. The average molecular weight is 420 g/mol. The SMILES string of the molecule is CCOc1ccccc1OC1CCN(C(=O)c2cc(C)n(-c3ccccn3)c2C)CC1. The number of nitrogens with zero attached hydrogens (tertiary/aromatic N) is 3. The zero-order valence-corrected chi connectivity index (χ0v) is 18.4. The number of carbonyl (C=O) groups is 1. The lowest BCUT2D eigenvalue weighted by atomic mass is 10.1. The second-order valence-electron chi connectivity index (χ2n) is 7.80. The van der Waals surface area contributed by atoms with Crippen LogP contribution in [0.1, 0.15) is 41.5 Å². The number of carbonyl (C=O) groups excluding carboxylic acids is 1. The van der Waals surface area contributed by atoms with Gasteiger partial charge in [0, 0.05) is 43.5 Å². The molecule has 162 valence electrons. The highest BCUT2D eigenvalue weighted by Crippen LogP contribution is 2.30. The number of likely N-dealkylation sites (tertiary alicyclic amines) is 1. The summed E-state index contributed by atoms with van der Waals surface area (Å²) in [4.78, 5) is 19.6. The van der Waals surface area contributed by atoms with Gasteiger partial charge in [-0.2, -0.15) is 0 Å². The van der Waals surface area contributed by atoms with Crippen LogP contribution in [-0.4, -0.2) is 46.2 Å². The number of piperidine rings is 1. The number of benzene rings is 1. The fourth-order valence-electron chi connectivity index (χ4n) is 4.17. The minimum Gasteiger partial charge on any atom is -0.490 e. The summed E-state index contributed by atoms with van der Waals surface area (Å²) in [6.45, 7) is 7.90. The highest BCUT2D eigenvalue weighted by atomic mass is 16.5. The summed E-state index contributed by atoms with van der Waals surface area (Å²) in [5.74, 6) is 2.44. The van der Waals surface area contributed by atoms with Gasteiger partial charge in [-0.1, -0.05) is 18.2 Å². The van der Waals surface area contributed by atoms with E-state index in [0.717, 1.165) is 47.1 Å². The summed E-state index contributed by atoms with van der Waals surface area (Å²) in [6, 6.07) is 15.5. The van der Waals surface area contributed by atoms with Crippen molar-refractivity contribution in [3.05, 3.63) is 71.7 Å². The number of ether oxygens (including phenoxy) is 2. The van der Waals surface area contributed by atoms with Crippen LogP contribution in [0.4, 0.5) is 0 Å². The van der Waals surface area contributed by atoms with Crippen LogP contribution in [-0.2, 0) is 0 Å². The lowest BCUT2D eigenvalue weighted by Crippen LogP contribution is -2.42. The van der Waals surface area contributed by atoms with Crippen LogP contribution in [0.15, 0.2) is 54.7 Å². The van der Waals surface area contributed by atoms with E-state index in [-0.39, 0.29) is 12.0 Å². The van der Waals surface area contributed by atoms with Gasteiger partial charge in [0.1, 0.15) is 11.9 Å². The average Bonchev–Trinajstić information content (AvgIpc) is 3.09. The minimum atomic E-state index is 0.0726. The van der Waals surface area contributed by atoms with Crippen molar-refractivity contribution in [2.45, 2.75) is 39.7 Å². The molecule has 0 radical (unpaired) electrons. The molecule has 3 aromatic rings. The van der Waals surface area contributed by atoms with Crippen LogP contribution in [0.3, 0.4) is 0 Å². The van der Waals surface area contributed by atoms with E-state index in [1.54, 1.807) is 6.20 Å². The molecular weight excluding hydrogens is 390 g/mol. The van der Waals surface area contributed by atoms with E-state index in [1.807, 2.05) is 78.8 Å². The summed E-state index contributed by atoms with van der Waals surface area (Å²) in [7, 11) is 0. The zero-order valence-electron chi connectivity index (χ0n) is 18.4. The lowest BCUT2D eigenvalue weighted by Gasteiger charge is -2.32. The predicted molar refractivity (Wildman–Crippen MR) is 120 cm³/mol. The van der Waals surface area contributed by atoms with Gasteiger partial charge in [-0.3, -0.25) is 4.79 Å². The van der Waals surface area contributed by atoms with E-state index in [0.29, 0.717) is 19.7 Å². The Labute approximate surface area is 183 Å². The Hall–Kier alpha value is -3.28. The van der Waals surface area contributed by atoms with Crippen molar-refractivity contribution in [1.82, 2.24) is 14.5 Å². The van der Waals surface area contributed by atoms with E-state index >= 15 is 0 Å². The molecule has 1 fully saturated rings. The first-order chi connectivity index (χ1) is 15.1. The lowest BCUT2D eigenvalue weighted by molar-refractivity contribution is 0.0588. The third-order valence-corrected chi connectivity index (χ3v) is 5.71. The van der Waals surface area contributed by atoms with E-state index in [2.05, 4.69) is 4.98 Å². The molecule has 4 rings (SSSR count). The standard InChI is InChI=1S/C25H29N3O3/c1-4-30-22-9-5-6-10-23(22)31-20-12-15-27(16-13-20)25(29)21-17-18(2)28(19(21)3)24-11-7-8-14-26-24/h5-11,14,17,20H,4,12-13,15-16H2,1-3H3. The van der Waals surface area contributed by atoms with Crippen molar-refractivity contribution in [2.75, 3.05) is 19.7 Å². The summed E-state index contributed by atoms with van der Waals surface area (Å²) < 4.78 is 13.9. The number of amides is 1. The fourth-order valence-corrected chi connectivity index (χ4v) is 4.17. The first kappa shape index (κ1) is 21.0.